The average Bonchev–Trinajstić information content (AvgIpc) is 3.23. The SMILES string of the molecule is CCOc1ccc(-c2nnc(NC(=O)CCS(=O)(=O)c3ccc(F)cc3)o2)cc1OCC. The second kappa shape index (κ2) is 10.2. The fraction of sp³-hybridized carbons (Fsp3) is 0.286. The van der Waals surface area contributed by atoms with Crippen LogP contribution in [0.15, 0.2) is 51.8 Å². The molecule has 9 nitrogen and oxygen atoms in total. The van der Waals surface area contributed by atoms with Crippen LogP contribution in [0, 0.1) is 5.82 Å². The van der Waals surface area contributed by atoms with Gasteiger partial charge in [-0.3, -0.25) is 10.1 Å². The molecule has 0 aliphatic rings. The minimum atomic E-state index is -3.74. The minimum Gasteiger partial charge on any atom is -0.490 e. The zero-order chi connectivity index (χ0) is 23.1. The number of hydrogen-bond acceptors (Lipinski definition) is 8. The number of amides is 1. The molecule has 1 aromatic heterocycles. The molecule has 32 heavy (non-hydrogen) atoms. The van der Waals surface area contributed by atoms with E-state index < -0.39 is 27.3 Å². The topological polar surface area (TPSA) is 121 Å². The molecule has 1 amide bonds. The monoisotopic (exact) mass is 463 g/mol. The summed E-state index contributed by atoms with van der Waals surface area (Å²) in [4.78, 5) is 12.1. The van der Waals surface area contributed by atoms with Gasteiger partial charge in [-0.2, -0.15) is 0 Å². The molecule has 0 saturated heterocycles. The van der Waals surface area contributed by atoms with Crippen LogP contribution >= 0.6 is 0 Å². The molecule has 0 radical (unpaired) electrons. The van der Waals surface area contributed by atoms with E-state index in [-0.39, 0.29) is 23.2 Å². The second-order valence-corrected chi connectivity index (χ2v) is 8.62. The molecule has 2 aromatic carbocycles. The summed E-state index contributed by atoms with van der Waals surface area (Å²) >= 11 is 0. The van der Waals surface area contributed by atoms with Gasteiger partial charge in [0.2, 0.25) is 11.8 Å². The van der Waals surface area contributed by atoms with E-state index in [1.54, 1.807) is 18.2 Å². The molecular formula is C21H22FN3O6S. The van der Waals surface area contributed by atoms with E-state index in [9.17, 15) is 17.6 Å². The van der Waals surface area contributed by atoms with Gasteiger partial charge in [0, 0.05) is 12.0 Å². The molecule has 0 saturated carbocycles. The third kappa shape index (κ3) is 5.82. The molecule has 0 unspecified atom stereocenters. The number of aromatic nitrogens is 2. The number of nitrogens with zero attached hydrogens (tertiary/aromatic N) is 2. The first-order valence-electron chi connectivity index (χ1n) is 9.84. The molecule has 0 spiro atoms. The van der Waals surface area contributed by atoms with Crippen LogP contribution in [0.2, 0.25) is 0 Å². The van der Waals surface area contributed by atoms with Crippen LogP contribution in [-0.4, -0.2) is 43.5 Å². The van der Waals surface area contributed by atoms with Crippen LogP contribution in [-0.2, 0) is 14.6 Å². The summed E-state index contributed by atoms with van der Waals surface area (Å²) in [5.74, 6) is -0.386. The van der Waals surface area contributed by atoms with Crippen LogP contribution in [0.3, 0.4) is 0 Å². The maximum Gasteiger partial charge on any atom is 0.322 e. The van der Waals surface area contributed by atoms with Crippen molar-refractivity contribution in [2.45, 2.75) is 25.2 Å². The van der Waals surface area contributed by atoms with Crippen LogP contribution in [0.4, 0.5) is 10.4 Å². The highest BCUT2D eigenvalue weighted by Crippen LogP contribution is 2.32. The van der Waals surface area contributed by atoms with Gasteiger partial charge in [-0.1, -0.05) is 5.10 Å². The lowest BCUT2D eigenvalue weighted by Gasteiger charge is -2.11. The average molecular weight is 463 g/mol. The summed E-state index contributed by atoms with van der Waals surface area (Å²) in [5.41, 5.74) is 0.559. The quantitative estimate of drug-likeness (QED) is 0.454. The van der Waals surface area contributed by atoms with Crippen molar-refractivity contribution < 1.29 is 31.5 Å². The van der Waals surface area contributed by atoms with Gasteiger partial charge in [-0.25, -0.2) is 12.8 Å². The zero-order valence-corrected chi connectivity index (χ0v) is 18.3. The third-order valence-corrected chi connectivity index (χ3v) is 5.96. The van der Waals surface area contributed by atoms with Gasteiger partial charge in [0.05, 0.1) is 23.9 Å². The lowest BCUT2D eigenvalue weighted by molar-refractivity contribution is -0.115. The summed E-state index contributed by atoms with van der Waals surface area (Å²) in [6, 6.07) is 9.34. The van der Waals surface area contributed by atoms with Crippen LogP contribution in [0.25, 0.3) is 11.5 Å². The Labute approximate surface area is 184 Å². The number of carbonyl (C=O) groups excluding carboxylic acids is 1. The number of carbonyl (C=O) groups is 1. The Bertz CT molecular complexity index is 1180. The zero-order valence-electron chi connectivity index (χ0n) is 17.5. The summed E-state index contributed by atoms with van der Waals surface area (Å²) in [6.07, 6.45) is -0.338. The standard InChI is InChI=1S/C21H22FN3O6S/c1-3-29-17-10-5-14(13-18(17)30-4-2)20-24-25-21(31-20)23-19(26)11-12-32(27,28)16-8-6-15(22)7-9-16/h5-10,13H,3-4,11-12H2,1-2H3,(H,23,25,26). The normalized spacial score (nSPS) is 11.2. The Kier molecular flexibility index (Phi) is 7.41. The van der Waals surface area contributed by atoms with Gasteiger partial charge in [0.25, 0.3) is 0 Å². The number of sulfone groups is 1. The molecule has 3 aromatic rings. The van der Waals surface area contributed by atoms with Crippen molar-refractivity contribution in [3.05, 3.63) is 48.3 Å². The first-order chi connectivity index (χ1) is 15.3. The summed E-state index contributed by atoms with van der Waals surface area (Å²) in [5, 5.41) is 10.0. The number of hydrogen-bond donors (Lipinski definition) is 1. The molecule has 1 N–H and O–H groups in total. The summed E-state index contributed by atoms with van der Waals surface area (Å²) in [7, 11) is -3.74. The third-order valence-electron chi connectivity index (χ3n) is 4.23. The molecule has 3 rings (SSSR count). The van der Waals surface area contributed by atoms with E-state index >= 15 is 0 Å². The Morgan fingerprint density at radius 3 is 2.41 bits per heavy atom. The maximum absolute atomic E-state index is 13.0. The Balaban J connectivity index is 1.64. The van der Waals surface area contributed by atoms with Gasteiger partial charge >= 0.3 is 6.01 Å². The van der Waals surface area contributed by atoms with E-state index in [1.165, 1.54) is 0 Å². The van der Waals surface area contributed by atoms with E-state index in [0.717, 1.165) is 24.3 Å². The van der Waals surface area contributed by atoms with Crippen molar-refractivity contribution in [2.75, 3.05) is 24.3 Å². The first kappa shape index (κ1) is 23.2. The lowest BCUT2D eigenvalue weighted by Crippen LogP contribution is -2.17. The van der Waals surface area contributed by atoms with Crippen molar-refractivity contribution in [2.24, 2.45) is 0 Å². The van der Waals surface area contributed by atoms with Crippen molar-refractivity contribution in [3.63, 3.8) is 0 Å². The van der Waals surface area contributed by atoms with Crippen molar-refractivity contribution in [1.29, 1.82) is 0 Å². The minimum absolute atomic E-state index is 0.0626. The van der Waals surface area contributed by atoms with E-state index in [0.29, 0.717) is 30.3 Å². The van der Waals surface area contributed by atoms with Crippen molar-refractivity contribution in [1.82, 2.24) is 10.2 Å². The molecule has 170 valence electrons. The lowest BCUT2D eigenvalue weighted by atomic mass is 10.2. The van der Waals surface area contributed by atoms with E-state index in [1.807, 2.05) is 13.8 Å². The first-order valence-corrected chi connectivity index (χ1v) is 11.5. The predicted molar refractivity (Wildman–Crippen MR) is 114 cm³/mol. The number of halogens is 1. The Morgan fingerprint density at radius 1 is 1.03 bits per heavy atom. The van der Waals surface area contributed by atoms with Gasteiger partial charge in [-0.05, 0) is 56.3 Å². The van der Waals surface area contributed by atoms with E-state index in [4.69, 9.17) is 13.9 Å². The molecular weight excluding hydrogens is 441 g/mol. The number of rotatable bonds is 10. The fourth-order valence-electron chi connectivity index (χ4n) is 2.74. The van der Waals surface area contributed by atoms with Crippen molar-refractivity contribution in [3.8, 4) is 23.0 Å². The highest BCUT2D eigenvalue weighted by molar-refractivity contribution is 7.91. The largest absolute Gasteiger partial charge is 0.490 e. The number of benzene rings is 2. The molecule has 1 heterocycles. The van der Waals surface area contributed by atoms with Crippen LogP contribution in [0.5, 0.6) is 11.5 Å². The van der Waals surface area contributed by atoms with Gasteiger partial charge < -0.3 is 13.9 Å². The maximum atomic E-state index is 13.0. The highest BCUT2D eigenvalue weighted by Gasteiger charge is 2.19. The van der Waals surface area contributed by atoms with Crippen LogP contribution in [0.1, 0.15) is 20.3 Å². The molecule has 0 aliphatic carbocycles. The number of ether oxygens (including phenoxy) is 2. The summed E-state index contributed by atoms with van der Waals surface area (Å²) in [6.45, 7) is 4.63. The van der Waals surface area contributed by atoms with Gasteiger partial charge in [-0.15, -0.1) is 5.10 Å². The van der Waals surface area contributed by atoms with Crippen LogP contribution < -0.4 is 14.8 Å². The van der Waals surface area contributed by atoms with E-state index in [2.05, 4.69) is 15.5 Å². The Morgan fingerprint density at radius 2 is 1.72 bits per heavy atom. The summed E-state index contributed by atoms with van der Waals surface area (Å²) < 4.78 is 54.1. The molecule has 0 bridgehead atoms. The number of anilines is 1. The van der Waals surface area contributed by atoms with Crippen molar-refractivity contribution >= 4 is 21.8 Å². The number of nitrogens with one attached hydrogen (secondary N) is 1. The second-order valence-electron chi connectivity index (χ2n) is 6.51. The smallest absolute Gasteiger partial charge is 0.322 e. The Hall–Kier alpha value is -3.47. The van der Waals surface area contributed by atoms with Gasteiger partial charge in [0.1, 0.15) is 5.82 Å². The predicted octanol–water partition coefficient (Wildman–Crippen LogP) is 3.48. The highest BCUT2D eigenvalue weighted by atomic mass is 32.2. The molecule has 0 aliphatic heterocycles. The molecule has 0 atom stereocenters. The fourth-order valence-corrected chi connectivity index (χ4v) is 3.98. The molecule has 11 heteroatoms. The molecule has 0 fully saturated rings. The van der Waals surface area contributed by atoms with Gasteiger partial charge in [0.15, 0.2) is 21.3 Å².